The Labute approximate surface area is 246 Å². The molecule has 14 heteroatoms. The molecule has 2 aliphatic heterocycles. The predicted molar refractivity (Wildman–Crippen MR) is 153 cm³/mol. The largest absolute Gasteiger partial charge is 0.371 e. The first-order valence-corrected chi connectivity index (χ1v) is 14.0. The molecule has 3 aromatic rings. The van der Waals surface area contributed by atoms with Crippen molar-refractivity contribution in [1.29, 1.82) is 0 Å². The number of piperazine rings is 1. The Hall–Kier alpha value is -4.10. The summed E-state index contributed by atoms with van der Waals surface area (Å²) in [6.07, 6.45) is 2.92. The van der Waals surface area contributed by atoms with E-state index in [0.29, 0.717) is 31.9 Å². The lowest BCUT2D eigenvalue weighted by Gasteiger charge is -2.37. The molecule has 2 aromatic heterocycles. The number of amides is 3. The highest BCUT2D eigenvalue weighted by Gasteiger charge is 2.30. The minimum atomic E-state index is -0.919. The Balaban J connectivity index is 1.22. The molecule has 11 nitrogen and oxygen atoms in total. The third-order valence-corrected chi connectivity index (χ3v) is 7.97. The second-order valence-corrected chi connectivity index (χ2v) is 10.6. The van der Waals surface area contributed by atoms with Crippen LogP contribution in [0.15, 0.2) is 30.5 Å². The van der Waals surface area contributed by atoms with E-state index in [9.17, 15) is 23.2 Å². The number of carbonyl (C=O) groups is 3. The highest BCUT2D eigenvalue weighted by atomic mass is 35.5. The van der Waals surface area contributed by atoms with Crippen molar-refractivity contribution in [3.05, 3.63) is 58.6 Å². The maximum absolute atomic E-state index is 14.5. The van der Waals surface area contributed by atoms with E-state index in [2.05, 4.69) is 25.9 Å². The number of anilines is 2. The van der Waals surface area contributed by atoms with Crippen LogP contribution in [-0.4, -0.2) is 88.4 Å². The van der Waals surface area contributed by atoms with Crippen molar-refractivity contribution < 1.29 is 23.2 Å². The number of imidazole rings is 1. The van der Waals surface area contributed by atoms with Crippen LogP contribution in [0.1, 0.15) is 33.8 Å². The van der Waals surface area contributed by atoms with E-state index in [0.717, 1.165) is 32.0 Å². The van der Waals surface area contributed by atoms with Gasteiger partial charge in [-0.15, -0.1) is 0 Å². The number of carbonyl (C=O) groups excluding carboxylic acids is 3. The number of aromatic nitrogens is 3. The highest BCUT2D eigenvalue weighted by molar-refractivity contribution is 6.34. The Morgan fingerprint density at radius 1 is 1.05 bits per heavy atom. The SMILES string of the molecule is CNc1nc(F)c(-c2cnc(C(=O)Nc3ccc(C(=O)N4CCN(C(=O)C5CCNCC5)CC4)c(Cl)c3)n2C)cc1F. The van der Waals surface area contributed by atoms with Crippen LogP contribution in [-0.2, 0) is 11.8 Å². The molecule has 0 atom stereocenters. The average Bonchev–Trinajstić information content (AvgIpc) is 3.39. The molecule has 1 aromatic carbocycles. The molecule has 4 heterocycles. The molecule has 0 spiro atoms. The maximum Gasteiger partial charge on any atom is 0.291 e. The van der Waals surface area contributed by atoms with Crippen molar-refractivity contribution in [3.63, 3.8) is 0 Å². The van der Waals surface area contributed by atoms with Crippen LogP contribution in [0.3, 0.4) is 0 Å². The fourth-order valence-electron chi connectivity index (χ4n) is 5.27. The van der Waals surface area contributed by atoms with Gasteiger partial charge in [0, 0.05) is 51.9 Å². The molecule has 3 amide bonds. The van der Waals surface area contributed by atoms with E-state index in [1.54, 1.807) is 11.0 Å². The molecule has 222 valence electrons. The van der Waals surface area contributed by atoms with Crippen LogP contribution >= 0.6 is 11.6 Å². The van der Waals surface area contributed by atoms with Gasteiger partial charge in [0.05, 0.1) is 28.0 Å². The number of rotatable bonds is 6. The maximum atomic E-state index is 14.5. The minimum Gasteiger partial charge on any atom is -0.371 e. The van der Waals surface area contributed by atoms with Crippen molar-refractivity contribution >= 4 is 40.8 Å². The molecule has 3 N–H and O–H groups in total. The van der Waals surface area contributed by atoms with E-state index in [-0.39, 0.29) is 51.2 Å². The summed E-state index contributed by atoms with van der Waals surface area (Å²) in [7, 11) is 2.92. The number of piperidine rings is 1. The number of pyridine rings is 1. The summed E-state index contributed by atoms with van der Waals surface area (Å²) in [5.74, 6) is -2.65. The van der Waals surface area contributed by atoms with Crippen LogP contribution in [0.2, 0.25) is 5.02 Å². The Kier molecular flexibility index (Phi) is 8.69. The van der Waals surface area contributed by atoms with E-state index >= 15 is 0 Å². The first-order valence-electron chi connectivity index (χ1n) is 13.6. The monoisotopic (exact) mass is 600 g/mol. The molecular formula is C28H31ClF2N8O3. The summed E-state index contributed by atoms with van der Waals surface area (Å²) < 4.78 is 30.1. The van der Waals surface area contributed by atoms with Gasteiger partial charge in [-0.05, 0) is 50.2 Å². The molecule has 42 heavy (non-hydrogen) atoms. The summed E-state index contributed by atoms with van der Waals surface area (Å²) in [4.78, 5) is 50.1. The second kappa shape index (κ2) is 12.4. The standard InChI is InChI=1S/C28H31ClF2N8O3/c1-32-24-21(30)14-19(23(31)36-24)22-15-34-25(37(22)2)26(40)35-17-3-4-18(20(29)13-17)28(42)39-11-9-38(10-12-39)27(41)16-5-7-33-8-6-16/h3-4,13-16,33H,5-12H2,1-2H3,(H,32,36)(H,35,40). The van der Waals surface area contributed by atoms with E-state index < -0.39 is 17.7 Å². The number of hydrogen-bond acceptors (Lipinski definition) is 7. The molecule has 0 bridgehead atoms. The molecule has 5 rings (SSSR count). The normalized spacial score (nSPS) is 15.9. The van der Waals surface area contributed by atoms with Crippen molar-refractivity contribution in [3.8, 4) is 11.3 Å². The lowest BCUT2D eigenvalue weighted by atomic mass is 9.96. The van der Waals surface area contributed by atoms with E-state index in [1.807, 2.05) is 4.90 Å². The molecular weight excluding hydrogens is 570 g/mol. The Morgan fingerprint density at radius 2 is 1.74 bits per heavy atom. The van der Waals surface area contributed by atoms with Crippen LogP contribution in [0.25, 0.3) is 11.3 Å². The zero-order valence-corrected chi connectivity index (χ0v) is 24.0. The van der Waals surface area contributed by atoms with Gasteiger partial charge in [-0.1, -0.05) is 11.6 Å². The molecule has 2 saturated heterocycles. The molecule has 2 fully saturated rings. The topological polar surface area (TPSA) is 124 Å². The van der Waals surface area contributed by atoms with Crippen LogP contribution in [0.4, 0.5) is 20.3 Å². The second-order valence-electron chi connectivity index (χ2n) is 10.2. The summed E-state index contributed by atoms with van der Waals surface area (Å²) in [6, 6.07) is 5.52. The van der Waals surface area contributed by atoms with Gasteiger partial charge < -0.3 is 30.3 Å². The van der Waals surface area contributed by atoms with Gasteiger partial charge >= 0.3 is 0 Å². The van der Waals surface area contributed by atoms with Crippen molar-refractivity contribution in [2.45, 2.75) is 12.8 Å². The molecule has 0 radical (unpaired) electrons. The average molecular weight is 601 g/mol. The number of hydrogen-bond donors (Lipinski definition) is 3. The minimum absolute atomic E-state index is 0.0362. The third kappa shape index (κ3) is 5.93. The van der Waals surface area contributed by atoms with Gasteiger partial charge in [-0.3, -0.25) is 14.4 Å². The van der Waals surface area contributed by atoms with Crippen molar-refractivity contribution in [1.82, 2.24) is 29.7 Å². The van der Waals surface area contributed by atoms with Gasteiger partial charge in [0.1, 0.15) is 0 Å². The number of nitrogens with zero attached hydrogens (tertiary/aromatic N) is 5. The lowest BCUT2D eigenvalue weighted by Crippen LogP contribution is -2.52. The Morgan fingerprint density at radius 3 is 2.40 bits per heavy atom. The van der Waals surface area contributed by atoms with Gasteiger partial charge in [0.25, 0.3) is 11.8 Å². The fourth-order valence-corrected chi connectivity index (χ4v) is 5.53. The molecule has 2 aliphatic rings. The molecule has 0 unspecified atom stereocenters. The van der Waals surface area contributed by atoms with Gasteiger partial charge in [0.15, 0.2) is 17.5 Å². The number of benzene rings is 1. The first-order chi connectivity index (χ1) is 20.2. The summed E-state index contributed by atoms with van der Waals surface area (Å²) in [5.41, 5.74) is 0.606. The highest BCUT2D eigenvalue weighted by Crippen LogP contribution is 2.27. The summed E-state index contributed by atoms with van der Waals surface area (Å²) in [5, 5.41) is 8.56. The first kappa shape index (κ1) is 29.4. The zero-order chi connectivity index (χ0) is 30.0. The van der Waals surface area contributed by atoms with E-state index in [1.165, 1.54) is 37.0 Å². The quantitative estimate of drug-likeness (QED) is 0.372. The van der Waals surface area contributed by atoms with Crippen LogP contribution < -0.4 is 16.0 Å². The molecule has 0 saturated carbocycles. The van der Waals surface area contributed by atoms with E-state index in [4.69, 9.17) is 11.6 Å². The number of halogens is 3. The zero-order valence-electron chi connectivity index (χ0n) is 23.2. The summed E-state index contributed by atoms with van der Waals surface area (Å²) >= 11 is 6.45. The third-order valence-electron chi connectivity index (χ3n) is 7.66. The van der Waals surface area contributed by atoms with Gasteiger partial charge in [0.2, 0.25) is 11.9 Å². The van der Waals surface area contributed by atoms with Gasteiger partial charge in [-0.25, -0.2) is 9.37 Å². The Bertz CT molecular complexity index is 1520. The number of nitrogens with one attached hydrogen (secondary N) is 3. The van der Waals surface area contributed by atoms with Crippen LogP contribution in [0.5, 0.6) is 0 Å². The smallest absolute Gasteiger partial charge is 0.291 e. The lowest BCUT2D eigenvalue weighted by molar-refractivity contribution is -0.137. The predicted octanol–water partition coefficient (Wildman–Crippen LogP) is 2.99. The van der Waals surface area contributed by atoms with Crippen LogP contribution in [0, 0.1) is 17.7 Å². The van der Waals surface area contributed by atoms with Crippen molar-refractivity contribution in [2.75, 3.05) is 56.9 Å². The van der Waals surface area contributed by atoms with Gasteiger partial charge in [-0.2, -0.15) is 9.37 Å². The molecule has 0 aliphatic carbocycles. The summed E-state index contributed by atoms with van der Waals surface area (Å²) in [6.45, 7) is 3.44. The fraction of sp³-hybridized carbons (Fsp3) is 0.393. The van der Waals surface area contributed by atoms with Crippen molar-refractivity contribution in [2.24, 2.45) is 13.0 Å².